The van der Waals surface area contributed by atoms with Crippen LogP contribution >= 0.6 is 0 Å². The van der Waals surface area contributed by atoms with Gasteiger partial charge in [-0.1, -0.05) is 32.0 Å². The fourth-order valence-corrected chi connectivity index (χ4v) is 2.09. The van der Waals surface area contributed by atoms with Crippen molar-refractivity contribution in [2.24, 2.45) is 17.6 Å². The van der Waals surface area contributed by atoms with E-state index >= 15 is 0 Å². The highest BCUT2D eigenvalue weighted by atomic mass is 19.4. The molecule has 0 bridgehead atoms. The first-order chi connectivity index (χ1) is 8.75. The van der Waals surface area contributed by atoms with Crippen molar-refractivity contribution in [2.75, 3.05) is 6.54 Å². The maximum Gasteiger partial charge on any atom is 0.416 e. The lowest BCUT2D eigenvalue weighted by molar-refractivity contribution is -0.137. The van der Waals surface area contributed by atoms with Gasteiger partial charge in [-0.15, -0.1) is 0 Å². The normalized spacial score (nSPS) is 15.6. The van der Waals surface area contributed by atoms with Crippen LogP contribution in [0.3, 0.4) is 0 Å². The molecule has 0 aliphatic heterocycles. The second-order valence-corrected chi connectivity index (χ2v) is 5.06. The van der Waals surface area contributed by atoms with Crippen molar-refractivity contribution >= 4 is 0 Å². The smallest absolute Gasteiger partial charge is 0.330 e. The van der Waals surface area contributed by atoms with Gasteiger partial charge in [0.15, 0.2) is 0 Å². The summed E-state index contributed by atoms with van der Waals surface area (Å²) in [5.41, 5.74) is 5.11. The molecule has 0 aliphatic rings. The third kappa shape index (κ3) is 4.49. The minimum atomic E-state index is -4.40. The van der Waals surface area contributed by atoms with Gasteiger partial charge in [0.2, 0.25) is 0 Å². The molecular formula is C14H19F4N. The van der Waals surface area contributed by atoms with Crippen LogP contribution in [0, 0.1) is 11.8 Å². The lowest BCUT2D eigenvalue weighted by Crippen LogP contribution is -2.30. The summed E-state index contributed by atoms with van der Waals surface area (Å²) in [6.07, 6.45) is -5.66. The molecule has 0 saturated heterocycles. The van der Waals surface area contributed by atoms with E-state index in [0.717, 1.165) is 12.1 Å². The molecule has 2 atom stereocenters. The number of hydrogen-bond donors (Lipinski definition) is 1. The van der Waals surface area contributed by atoms with E-state index in [1.54, 1.807) is 0 Å². The van der Waals surface area contributed by atoms with Crippen LogP contribution < -0.4 is 5.73 Å². The van der Waals surface area contributed by atoms with E-state index in [0.29, 0.717) is 5.56 Å². The molecule has 1 aromatic carbocycles. The van der Waals surface area contributed by atoms with Crippen molar-refractivity contribution in [3.8, 4) is 0 Å². The van der Waals surface area contributed by atoms with E-state index in [1.165, 1.54) is 12.1 Å². The SMILES string of the molecule is CC(C)C(CN)C(F)Cc1cccc(C(F)(F)F)c1. The Kier molecular flexibility index (Phi) is 5.35. The Balaban J connectivity index is 2.82. The molecule has 0 saturated carbocycles. The van der Waals surface area contributed by atoms with E-state index in [-0.39, 0.29) is 24.8 Å². The quantitative estimate of drug-likeness (QED) is 0.814. The van der Waals surface area contributed by atoms with Crippen LogP contribution in [0.4, 0.5) is 17.6 Å². The van der Waals surface area contributed by atoms with Crippen molar-refractivity contribution in [1.29, 1.82) is 0 Å². The average Bonchev–Trinajstić information content (AvgIpc) is 2.28. The highest BCUT2D eigenvalue weighted by Crippen LogP contribution is 2.30. The Labute approximate surface area is 110 Å². The van der Waals surface area contributed by atoms with Gasteiger partial charge >= 0.3 is 6.18 Å². The summed E-state index contributed by atoms with van der Waals surface area (Å²) in [7, 11) is 0. The molecular weight excluding hydrogens is 258 g/mol. The van der Waals surface area contributed by atoms with Crippen molar-refractivity contribution < 1.29 is 17.6 Å². The van der Waals surface area contributed by atoms with Crippen LogP contribution in [0.15, 0.2) is 24.3 Å². The lowest BCUT2D eigenvalue weighted by atomic mass is 9.88. The molecule has 0 heterocycles. The molecule has 2 unspecified atom stereocenters. The second kappa shape index (κ2) is 6.37. The number of nitrogens with two attached hydrogens (primary N) is 1. The molecule has 0 aromatic heterocycles. The molecule has 0 amide bonds. The van der Waals surface area contributed by atoms with Crippen molar-refractivity contribution in [2.45, 2.75) is 32.6 Å². The minimum absolute atomic E-state index is 0.0377. The van der Waals surface area contributed by atoms with Gasteiger partial charge in [0.05, 0.1) is 5.56 Å². The molecule has 1 nitrogen and oxygen atoms in total. The molecule has 0 aliphatic carbocycles. The van der Waals surface area contributed by atoms with Gasteiger partial charge in [-0.2, -0.15) is 13.2 Å². The number of benzene rings is 1. The molecule has 108 valence electrons. The topological polar surface area (TPSA) is 26.0 Å². The average molecular weight is 277 g/mol. The van der Waals surface area contributed by atoms with Gasteiger partial charge in [-0.05, 0) is 24.1 Å². The minimum Gasteiger partial charge on any atom is -0.330 e. The zero-order valence-electron chi connectivity index (χ0n) is 11.0. The van der Waals surface area contributed by atoms with Crippen LogP contribution in [0.5, 0.6) is 0 Å². The zero-order chi connectivity index (χ0) is 14.6. The second-order valence-electron chi connectivity index (χ2n) is 5.06. The van der Waals surface area contributed by atoms with Crippen molar-refractivity contribution in [3.63, 3.8) is 0 Å². The van der Waals surface area contributed by atoms with E-state index < -0.39 is 17.9 Å². The summed E-state index contributed by atoms with van der Waals surface area (Å²) in [6, 6.07) is 4.80. The Morgan fingerprint density at radius 1 is 1.21 bits per heavy atom. The van der Waals surface area contributed by atoms with Gasteiger partial charge in [-0.3, -0.25) is 0 Å². The highest BCUT2D eigenvalue weighted by Gasteiger charge is 2.31. The van der Waals surface area contributed by atoms with Crippen molar-refractivity contribution in [3.05, 3.63) is 35.4 Å². The first kappa shape index (κ1) is 16.0. The zero-order valence-corrected chi connectivity index (χ0v) is 11.0. The molecule has 2 N–H and O–H groups in total. The summed E-state index contributed by atoms with van der Waals surface area (Å²) >= 11 is 0. The molecule has 0 fully saturated rings. The van der Waals surface area contributed by atoms with Crippen molar-refractivity contribution in [1.82, 2.24) is 0 Å². The molecule has 19 heavy (non-hydrogen) atoms. The largest absolute Gasteiger partial charge is 0.416 e. The van der Waals surface area contributed by atoms with E-state index in [2.05, 4.69) is 0 Å². The Hall–Kier alpha value is -1.10. The maximum absolute atomic E-state index is 14.1. The Bertz CT molecular complexity index is 401. The summed E-state index contributed by atoms with van der Waals surface area (Å²) < 4.78 is 51.7. The first-order valence-corrected chi connectivity index (χ1v) is 6.26. The molecule has 0 spiro atoms. The van der Waals surface area contributed by atoms with E-state index in [9.17, 15) is 17.6 Å². The van der Waals surface area contributed by atoms with Crippen LogP contribution in [0.25, 0.3) is 0 Å². The molecule has 1 aromatic rings. The third-order valence-corrected chi connectivity index (χ3v) is 3.28. The maximum atomic E-state index is 14.1. The summed E-state index contributed by atoms with van der Waals surface area (Å²) in [5.74, 6) is -0.277. The monoisotopic (exact) mass is 277 g/mol. The summed E-state index contributed by atoms with van der Waals surface area (Å²) in [5, 5.41) is 0. The summed E-state index contributed by atoms with van der Waals surface area (Å²) in [6.45, 7) is 3.91. The first-order valence-electron chi connectivity index (χ1n) is 6.26. The lowest BCUT2D eigenvalue weighted by Gasteiger charge is -2.23. The fraction of sp³-hybridized carbons (Fsp3) is 0.571. The van der Waals surface area contributed by atoms with Crippen LogP contribution in [-0.4, -0.2) is 12.7 Å². The van der Waals surface area contributed by atoms with E-state index in [4.69, 9.17) is 5.73 Å². The fourth-order valence-electron chi connectivity index (χ4n) is 2.09. The third-order valence-electron chi connectivity index (χ3n) is 3.28. The van der Waals surface area contributed by atoms with E-state index in [1.807, 2.05) is 13.8 Å². The highest BCUT2D eigenvalue weighted by molar-refractivity contribution is 5.26. The van der Waals surface area contributed by atoms with Gasteiger partial charge in [-0.25, -0.2) is 4.39 Å². The van der Waals surface area contributed by atoms with Gasteiger partial charge < -0.3 is 5.73 Å². The molecule has 1 rings (SSSR count). The predicted octanol–water partition coefficient (Wildman–Crippen LogP) is 3.82. The number of hydrogen-bond acceptors (Lipinski definition) is 1. The Morgan fingerprint density at radius 2 is 1.84 bits per heavy atom. The van der Waals surface area contributed by atoms with Crippen LogP contribution in [0.2, 0.25) is 0 Å². The van der Waals surface area contributed by atoms with Gasteiger partial charge in [0, 0.05) is 12.3 Å². The molecule has 0 radical (unpaired) electrons. The van der Waals surface area contributed by atoms with Crippen LogP contribution in [0.1, 0.15) is 25.0 Å². The number of halogens is 4. The van der Waals surface area contributed by atoms with Gasteiger partial charge in [0.25, 0.3) is 0 Å². The van der Waals surface area contributed by atoms with Crippen LogP contribution in [-0.2, 0) is 12.6 Å². The predicted molar refractivity (Wildman–Crippen MR) is 67.4 cm³/mol. The Morgan fingerprint density at radius 3 is 2.32 bits per heavy atom. The number of rotatable bonds is 5. The molecule has 5 heteroatoms. The standard InChI is InChI=1S/C14H19F4N/c1-9(2)12(8-19)13(15)7-10-4-3-5-11(6-10)14(16,17)18/h3-6,9,12-13H,7-8,19H2,1-2H3. The summed E-state index contributed by atoms with van der Waals surface area (Å²) in [4.78, 5) is 0. The van der Waals surface area contributed by atoms with Gasteiger partial charge in [0.1, 0.15) is 6.17 Å². The number of alkyl halides is 4.